The highest BCUT2D eigenvalue weighted by Gasteiger charge is 2.19. The molecule has 4 aromatic carbocycles. The molecular formula is C52H39N7O. The maximum atomic E-state index is 12.9. The molecule has 4 aromatic heterocycles. The van der Waals surface area contributed by atoms with E-state index in [2.05, 4.69) is 147 Å². The maximum absolute atomic E-state index is 12.9. The van der Waals surface area contributed by atoms with Crippen LogP contribution < -0.4 is 10.6 Å². The monoisotopic (exact) mass is 777 g/mol. The van der Waals surface area contributed by atoms with Crippen LogP contribution in [0.5, 0.6) is 0 Å². The minimum absolute atomic E-state index is 0.134. The van der Waals surface area contributed by atoms with E-state index in [1.807, 2.05) is 60.7 Å². The fourth-order valence-corrected chi connectivity index (χ4v) is 7.97. The Morgan fingerprint density at radius 1 is 0.450 bits per heavy atom. The molecule has 0 unspecified atom stereocenters. The number of amides is 1. The van der Waals surface area contributed by atoms with E-state index in [4.69, 9.17) is 9.97 Å². The standard InChI is InChI=1S/C52H39N7O/c60-48(33-53-32-39-18-10-11-31-54-39)55-38-21-19-37(20-22-38)52-46-29-27-44(58-46)50(35-14-6-2-7-15-35)42-25-23-40(56-42)49(34-12-4-1-5-13-34)41-24-26-43(57-41)51(36-16-8-3-9-17-36)45-28-30-47(52)59-45/h1-31,53,56,59H,32-33H2,(H,55,60). The van der Waals surface area contributed by atoms with Crippen molar-refractivity contribution in [1.82, 2.24) is 30.2 Å². The molecule has 0 atom stereocenters. The van der Waals surface area contributed by atoms with E-state index < -0.39 is 0 Å². The lowest BCUT2D eigenvalue weighted by Gasteiger charge is -2.09. The van der Waals surface area contributed by atoms with Gasteiger partial charge in [-0.15, -0.1) is 0 Å². The van der Waals surface area contributed by atoms with Crippen LogP contribution >= 0.6 is 0 Å². The molecule has 8 heteroatoms. The summed E-state index contributed by atoms with van der Waals surface area (Å²) in [6.45, 7) is 0.668. The predicted molar refractivity (Wildman–Crippen MR) is 245 cm³/mol. The van der Waals surface area contributed by atoms with E-state index in [-0.39, 0.29) is 12.5 Å². The van der Waals surface area contributed by atoms with Crippen LogP contribution in [-0.2, 0) is 11.3 Å². The van der Waals surface area contributed by atoms with Crippen molar-refractivity contribution < 1.29 is 4.79 Å². The fourth-order valence-electron chi connectivity index (χ4n) is 7.97. The summed E-state index contributed by atoms with van der Waals surface area (Å²) in [5, 5.41) is 6.20. The SMILES string of the molecule is O=C(CNCc1ccccn1)Nc1ccc(-c2c3nc(c(-c4ccccc4)c4ccc([nH]4)c(-c4ccccc4)c4nc(c(-c5ccccc5)c5ccc2[nH]5)C=C4)C=C3)cc1. The summed E-state index contributed by atoms with van der Waals surface area (Å²) in [5.74, 6) is -0.134. The molecule has 60 heavy (non-hydrogen) atoms. The Morgan fingerprint density at radius 3 is 1.25 bits per heavy atom. The van der Waals surface area contributed by atoms with Crippen molar-refractivity contribution >= 4 is 58.0 Å². The molecule has 1 amide bonds. The highest BCUT2D eigenvalue weighted by molar-refractivity contribution is 6.00. The lowest BCUT2D eigenvalue weighted by Crippen LogP contribution is -2.27. The zero-order valence-electron chi connectivity index (χ0n) is 32.6. The van der Waals surface area contributed by atoms with Crippen molar-refractivity contribution in [1.29, 1.82) is 0 Å². The lowest BCUT2D eigenvalue weighted by molar-refractivity contribution is -0.115. The number of anilines is 1. The van der Waals surface area contributed by atoms with Crippen LogP contribution in [0.4, 0.5) is 5.69 Å². The van der Waals surface area contributed by atoms with Gasteiger partial charge in [0, 0.05) is 62.7 Å². The third-order valence-corrected chi connectivity index (χ3v) is 10.7. The number of nitrogens with one attached hydrogen (secondary N) is 4. The number of carbonyl (C=O) groups excluding carboxylic acids is 1. The van der Waals surface area contributed by atoms with E-state index in [1.165, 1.54) is 0 Å². The van der Waals surface area contributed by atoms with Crippen LogP contribution in [-0.4, -0.2) is 37.4 Å². The first-order valence-electron chi connectivity index (χ1n) is 20.0. The number of carbonyl (C=O) groups is 1. The maximum Gasteiger partial charge on any atom is 0.238 e. The number of rotatable bonds is 9. The van der Waals surface area contributed by atoms with Gasteiger partial charge in [0.05, 0.1) is 35.0 Å². The van der Waals surface area contributed by atoms with E-state index >= 15 is 0 Å². The van der Waals surface area contributed by atoms with Crippen molar-refractivity contribution in [2.24, 2.45) is 0 Å². The van der Waals surface area contributed by atoms with Crippen molar-refractivity contribution in [3.63, 3.8) is 0 Å². The Bertz CT molecular complexity index is 3040. The summed E-state index contributed by atoms with van der Waals surface area (Å²) < 4.78 is 0. The summed E-state index contributed by atoms with van der Waals surface area (Å²) in [6, 6.07) is 53.4. The minimum atomic E-state index is -0.134. The van der Waals surface area contributed by atoms with Crippen molar-refractivity contribution in [3.8, 4) is 44.5 Å². The van der Waals surface area contributed by atoms with Crippen molar-refractivity contribution in [2.45, 2.75) is 6.54 Å². The van der Waals surface area contributed by atoms with Gasteiger partial charge in [0.25, 0.3) is 0 Å². The fraction of sp³-hybridized carbons (Fsp3) is 0.0385. The highest BCUT2D eigenvalue weighted by atomic mass is 16.1. The topological polar surface area (TPSA) is 111 Å². The second-order valence-corrected chi connectivity index (χ2v) is 14.7. The number of fused-ring (bicyclic) bond motifs is 8. The smallest absolute Gasteiger partial charge is 0.238 e. The predicted octanol–water partition coefficient (Wildman–Crippen LogP) is 11.4. The lowest BCUT2D eigenvalue weighted by atomic mass is 10.0. The Morgan fingerprint density at radius 2 is 0.850 bits per heavy atom. The summed E-state index contributed by atoms with van der Waals surface area (Å²) in [4.78, 5) is 35.6. The molecular weight excluding hydrogens is 739 g/mol. The van der Waals surface area contributed by atoms with Crippen molar-refractivity contribution in [2.75, 3.05) is 11.9 Å². The van der Waals surface area contributed by atoms with Gasteiger partial charge in [0.1, 0.15) is 0 Å². The molecule has 288 valence electrons. The molecule has 0 radical (unpaired) electrons. The average molecular weight is 778 g/mol. The molecule has 4 N–H and O–H groups in total. The first-order valence-corrected chi connectivity index (χ1v) is 20.0. The number of nitrogens with zero attached hydrogens (tertiary/aromatic N) is 3. The van der Waals surface area contributed by atoms with Gasteiger partial charge in [-0.25, -0.2) is 9.97 Å². The highest BCUT2D eigenvalue weighted by Crippen LogP contribution is 2.38. The first kappa shape index (κ1) is 36.4. The summed E-state index contributed by atoms with van der Waals surface area (Å²) >= 11 is 0. The molecule has 8 aromatic rings. The minimum Gasteiger partial charge on any atom is -0.354 e. The Hall–Kier alpha value is -7.94. The molecule has 6 heterocycles. The van der Waals surface area contributed by atoms with E-state index in [9.17, 15) is 4.79 Å². The Labute approximate surface area is 347 Å². The van der Waals surface area contributed by atoms with Gasteiger partial charge in [-0.3, -0.25) is 9.78 Å². The van der Waals surface area contributed by atoms with Gasteiger partial charge in [-0.1, -0.05) is 109 Å². The largest absolute Gasteiger partial charge is 0.354 e. The summed E-state index contributed by atoms with van der Waals surface area (Å²) in [6.07, 6.45) is 10.2. The molecule has 10 rings (SSSR count). The van der Waals surface area contributed by atoms with Crippen LogP contribution in [0.3, 0.4) is 0 Å². The number of benzene rings is 4. The van der Waals surface area contributed by atoms with E-state index in [1.54, 1.807) is 6.20 Å². The Kier molecular flexibility index (Phi) is 9.79. The molecule has 8 nitrogen and oxygen atoms in total. The van der Waals surface area contributed by atoms with Crippen LogP contribution in [0.25, 0.3) is 90.9 Å². The van der Waals surface area contributed by atoms with E-state index in [0.717, 1.165) is 95.0 Å². The van der Waals surface area contributed by atoms with Gasteiger partial charge in [-0.2, -0.15) is 0 Å². The molecule has 0 saturated carbocycles. The molecule has 0 fully saturated rings. The van der Waals surface area contributed by atoms with Crippen LogP contribution in [0.15, 0.2) is 164 Å². The Balaban J connectivity index is 1.17. The van der Waals surface area contributed by atoms with Crippen LogP contribution in [0.2, 0.25) is 0 Å². The number of hydrogen-bond donors (Lipinski definition) is 4. The number of aromatic amines is 2. The first-order chi connectivity index (χ1) is 29.6. The second-order valence-electron chi connectivity index (χ2n) is 14.7. The van der Waals surface area contributed by atoms with Gasteiger partial charge in [0.15, 0.2) is 0 Å². The molecule has 0 spiro atoms. The third kappa shape index (κ3) is 7.35. The second kappa shape index (κ2) is 16.1. The molecule has 2 aliphatic rings. The van der Waals surface area contributed by atoms with Gasteiger partial charge in [0.2, 0.25) is 5.91 Å². The quantitative estimate of drug-likeness (QED) is 0.117. The molecule has 0 aliphatic carbocycles. The number of hydrogen-bond acceptors (Lipinski definition) is 5. The third-order valence-electron chi connectivity index (χ3n) is 10.7. The number of H-pyrrole nitrogens is 2. The number of aromatic nitrogens is 5. The zero-order chi connectivity index (χ0) is 40.3. The van der Waals surface area contributed by atoms with Crippen LogP contribution in [0.1, 0.15) is 28.5 Å². The molecule has 8 bridgehead atoms. The van der Waals surface area contributed by atoms with Gasteiger partial charge < -0.3 is 20.6 Å². The molecule has 2 aliphatic heterocycles. The van der Waals surface area contributed by atoms with Crippen LogP contribution in [0, 0.1) is 0 Å². The normalized spacial score (nSPS) is 11.8. The van der Waals surface area contributed by atoms with Gasteiger partial charge >= 0.3 is 0 Å². The zero-order valence-corrected chi connectivity index (χ0v) is 32.6. The average Bonchev–Trinajstić information content (AvgIpc) is 4.14. The summed E-state index contributed by atoms with van der Waals surface area (Å²) in [7, 11) is 0. The molecule has 0 saturated heterocycles. The van der Waals surface area contributed by atoms with Crippen molar-refractivity contribution in [3.05, 3.63) is 192 Å². The number of pyridine rings is 1. The summed E-state index contributed by atoms with van der Waals surface area (Å²) in [5.41, 5.74) is 16.7. The van der Waals surface area contributed by atoms with Gasteiger partial charge in [-0.05, 0) is 95.1 Å². The van der Waals surface area contributed by atoms with E-state index in [0.29, 0.717) is 12.2 Å².